The minimum absolute atomic E-state index is 0.463. The molecule has 0 amide bonds. The van der Waals surface area contributed by atoms with Crippen molar-refractivity contribution in [3.05, 3.63) is 0 Å². The third kappa shape index (κ3) is 5.55. The zero-order valence-electron chi connectivity index (χ0n) is 11.7. The van der Waals surface area contributed by atoms with Gasteiger partial charge < -0.3 is 5.32 Å². The van der Waals surface area contributed by atoms with Crippen LogP contribution in [-0.4, -0.2) is 13.1 Å². The van der Waals surface area contributed by atoms with Gasteiger partial charge in [0.25, 0.3) is 0 Å². The van der Waals surface area contributed by atoms with E-state index >= 15 is 0 Å². The Morgan fingerprint density at radius 3 is 2.13 bits per heavy atom. The van der Waals surface area contributed by atoms with Crippen LogP contribution in [0.25, 0.3) is 0 Å². The number of hydrogen-bond donors (Lipinski definition) is 1. The van der Waals surface area contributed by atoms with Crippen molar-refractivity contribution in [3.63, 3.8) is 0 Å². The van der Waals surface area contributed by atoms with Crippen molar-refractivity contribution >= 4 is 0 Å². The molecule has 0 aliphatic rings. The van der Waals surface area contributed by atoms with Gasteiger partial charge in [-0.05, 0) is 30.2 Å². The summed E-state index contributed by atoms with van der Waals surface area (Å²) in [6.45, 7) is 16.3. The number of hydrogen-bond acceptors (Lipinski definition) is 1. The Bertz CT molecular complexity index is 153. The molecular weight excluding hydrogens is 182 g/mol. The summed E-state index contributed by atoms with van der Waals surface area (Å²) < 4.78 is 0. The summed E-state index contributed by atoms with van der Waals surface area (Å²) in [7, 11) is 0. The summed E-state index contributed by atoms with van der Waals surface area (Å²) in [5.74, 6) is 1.62. The van der Waals surface area contributed by atoms with Gasteiger partial charge in [-0.25, -0.2) is 0 Å². The van der Waals surface area contributed by atoms with E-state index in [1.807, 2.05) is 0 Å². The van der Waals surface area contributed by atoms with Crippen LogP contribution < -0.4 is 5.32 Å². The van der Waals surface area contributed by atoms with Crippen LogP contribution in [0.4, 0.5) is 0 Å². The highest BCUT2D eigenvalue weighted by Crippen LogP contribution is 2.34. The van der Waals surface area contributed by atoms with Crippen LogP contribution in [0.1, 0.15) is 60.8 Å². The molecule has 92 valence electrons. The second-order valence-electron chi connectivity index (χ2n) is 5.69. The normalized spacial score (nSPS) is 17.8. The maximum absolute atomic E-state index is 3.52. The highest BCUT2D eigenvalue weighted by Gasteiger charge is 2.29. The minimum atomic E-state index is 0.463. The summed E-state index contributed by atoms with van der Waals surface area (Å²) in [6, 6.07) is 0. The van der Waals surface area contributed by atoms with Gasteiger partial charge >= 0.3 is 0 Å². The first kappa shape index (κ1) is 15.0. The van der Waals surface area contributed by atoms with Gasteiger partial charge in [-0.3, -0.25) is 0 Å². The van der Waals surface area contributed by atoms with Gasteiger partial charge in [-0.2, -0.15) is 0 Å². The van der Waals surface area contributed by atoms with E-state index in [-0.39, 0.29) is 0 Å². The molecule has 0 aliphatic carbocycles. The van der Waals surface area contributed by atoms with Crippen molar-refractivity contribution in [2.24, 2.45) is 17.3 Å². The monoisotopic (exact) mass is 213 g/mol. The fourth-order valence-corrected chi connectivity index (χ4v) is 2.31. The predicted octanol–water partition coefficient (Wildman–Crippen LogP) is 4.08. The van der Waals surface area contributed by atoms with Crippen molar-refractivity contribution in [1.29, 1.82) is 0 Å². The Balaban J connectivity index is 4.23. The lowest BCUT2D eigenvalue weighted by Crippen LogP contribution is -2.37. The maximum Gasteiger partial charge on any atom is 0.000759 e. The Labute approximate surface area is 97.0 Å². The lowest BCUT2D eigenvalue weighted by atomic mass is 9.72. The van der Waals surface area contributed by atoms with Crippen molar-refractivity contribution < 1.29 is 0 Å². The van der Waals surface area contributed by atoms with E-state index in [0.29, 0.717) is 5.41 Å². The van der Waals surface area contributed by atoms with Gasteiger partial charge in [-0.1, -0.05) is 54.4 Å². The number of nitrogens with one attached hydrogen (secondary N) is 1. The fourth-order valence-electron chi connectivity index (χ4n) is 2.31. The molecule has 1 nitrogen and oxygen atoms in total. The van der Waals surface area contributed by atoms with Gasteiger partial charge in [-0.15, -0.1) is 0 Å². The highest BCUT2D eigenvalue weighted by molar-refractivity contribution is 4.81. The minimum Gasteiger partial charge on any atom is -0.316 e. The fraction of sp³-hybridized carbons (Fsp3) is 1.00. The van der Waals surface area contributed by atoms with Gasteiger partial charge in [0.2, 0.25) is 0 Å². The molecule has 0 aromatic rings. The van der Waals surface area contributed by atoms with Crippen molar-refractivity contribution in [2.75, 3.05) is 13.1 Å². The largest absolute Gasteiger partial charge is 0.316 e. The third-order valence-corrected chi connectivity index (χ3v) is 3.77. The molecule has 0 aromatic carbocycles. The molecule has 1 heteroatoms. The molecule has 0 radical (unpaired) electrons. The van der Waals surface area contributed by atoms with Crippen LogP contribution in [0.2, 0.25) is 0 Å². The first-order chi connectivity index (χ1) is 6.96. The summed E-state index contributed by atoms with van der Waals surface area (Å²) in [4.78, 5) is 0. The molecule has 2 atom stereocenters. The second kappa shape index (κ2) is 7.27. The van der Waals surface area contributed by atoms with E-state index in [9.17, 15) is 0 Å². The van der Waals surface area contributed by atoms with Crippen LogP contribution in [-0.2, 0) is 0 Å². The predicted molar refractivity (Wildman–Crippen MR) is 70.2 cm³/mol. The van der Waals surface area contributed by atoms with Crippen LogP contribution in [0.3, 0.4) is 0 Å². The van der Waals surface area contributed by atoms with Crippen LogP contribution in [0.5, 0.6) is 0 Å². The lowest BCUT2D eigenvalue weighted by molar-refractivity contribution is 0.159. The summed E-state index contributed by atoms with van der Waals surface area (Å²) >= 11 is 0. The Morgan fingerprint density at radius 1 is 1.13 bits per heavy atom. The van der Waals surface area contributed by atoms with E-state index < -0.39 is 0 Å². The second-order valence-corrected chi connectivity index (χ2v) is 5.69. The maximum atomic E-state index is 3.52. The van der Waals surface area contributed by atoms with Gasteiger partial charge in [0, 0.05) is 6.54 Å². The summed E-state index contributed by atoms with van der Waals surface area (Å²) in [5, 5.41) is 3.52. The van der Waals surface area contributed by atoms with Gasteiger partial charge in [0.1, 0.15) is 0 Å². The smallest absolute Gasteiger partial charge is 0.000759 e. The van der Waals surface area contributed by atoms with Crippen molar-refractivity contribution in [2.45, 2.75) is 60.8 Å². The molecule has 0 aromatic heterocycles. The van der Waals surface area contributed by atoms with Gasteiger partial charge in [0.15, 0.2) is 0 Å². The molecule has 0 saturated heterocycles. The molecule has 0 aliphatic heterocycles. The molecular formula is C14H31N. The molecule has 0 heterocycles. The lowest BCUT2D eigenvalue weighted by Gasteiger charge is -2.36. The van der Waals surface area contributed by atoms with E-state index in [0.717, 1.165) is 24.9 Å². The van der Waals surface area contributed by atoms with Crippen molar-refractivity contribution in [1.82, 2.24) is 5.32 Å². The summed E-state index contributed by atoms with van der Waals surface area (Å²) in [6.07, 6.45) is 4.04. The molecule has 1 N–H and O–H groups in total. The molecule has 15 heavy (non-hydrogen) atoms. The molecule has 0 saturated carbocycles. The first-order valence-corrected chi connectivity index (χ1v) is 6.67. The van der Waals surface area contributed by atoms with E-state index in [4.69, 9.17) is 0 Å². The molecule has 0 spiro atoms. The van der Waals surface area contributed by atoms with E-state index in [2.05, 4.69) is 46.9 Å². The van der Waals surface area contributed by atoms with Crippen LogP contribution in [0.15, 0.2) is 0 Å². The summed E-state index contributed by atoms with van der Waals surface area (Å²) in [5.41, 5.74) is 0.463. The Kier molecular flexibility index (Phi) is 7.25. The first-order valence-electron chi connectivity index (χ1n) is 6.67. The molecule has 0 rings (SSSR count). The quantitative estimate of drug-likeness (QED) is 0.640. The Morgan fingerprint density at radius 2 is 1.73 bits per heavy atom. The third-order valence-electron chi connectivity index (χ3n) is 3.77. The molecule has 2 unspecified atom stereocenters. The zero-order valence-corrected chi connectivity index (χ0v) is 11.7. The molecule has 0 bridgehead atoms. The average molecular weight is 213 g/mol. The highest BCUT2D eigenvalue weighted by atomic mass is 14.9. The zero-order chi connectivity index (χ0) is 11.9. The van der Waals surface area contributed by atoms with Crippen LogP contribution >= 0.6 is 0 Å². The van der Waals surface area contributed by atoms with E-state index in [1.165, 1.54) is 19.3 Å². The van der Waals surface area contributed by atoms with E-state index in [1.54, 1.807) is 0 Å². The standard InChI is InChI=1S/C14H31N/c1-7-9-13(5)10-14(6,12(3)4)11-15-8-2/h12-13,15H,7-11H2,1-6H3. The topological polar surface area (TPSA) is 12.0 Å². The number of rotatable bonds is 8. The average Bonchev–Trinajstić information content (AvgIpc) is 2.14. The van der Waals surface area contributed by atoms with Gasteiger partial charge in [0.05, 0.1) is 0 Å². The van der Waals surface area contributed by atoms with Crippen LogP contribution in [0, 0.1) is 17.3 Å². The Hall–Kier alpha value is -0.0400. The molecule has 0 fully saturated rings. The SMILES string of the molecule is CCCC(C)CC(C)(CNCC)C(C)C. The van der Waals surface area contributed by atoms with Crippen molar-refractivity contribution in [3.8, 4) is 0 Å².